The number of carbonyl (C=O) groups is 1. The first-order valence-electron chi connectivity index (χ1n) is 5.27. The van der Waals surface area contributed by atoms with Crippen LogP contribution in [0.2, 0.25) is 0 Å². The second kappa shape index (κ2) is 5.46. The fourth-order valence-electron chi connectivity index (χ4n) is 1.33. The van der Waals surface area contributed by atoms with E-state index in [1.165, 1.54) is 0 Å². The van der Waals surface area contributed by atoms with Crippen molar-refractivity contribution in [3.8, 4) is 0 Å². The van der Waals surface area contributed by atoms with Gasteiger partial charge in [-0.3, -0.25) is 10.1 Å². The number of hydrogen-bond donors (Lipinski definition) is 2. The maximum Gasteiger partial charge on any atom is 0.237 e. The molecule has 0 aliphatic rings. The number of nitrogens with one attached hydrogen (secondary N) is 1. The topological polar surface area (TPSA) is 55.1 Å². The number of benzene rings is 1. The molecule has 0 fully saturated rings. The van der Waals surface area contributed by atoms with Gasteiger partial charge in [0.15, 0.2) is 0 Å². The molecule has 1 rings (SSSR count). The average Bonchev–Trinajstić information content (AvgIpc) is 2.26. The van der Waals surface area contributed by atoms with Gasteiger partial charge in [0.2, 0.25) is 5.91 Å². The fraction of sp³-hybridized carbons (Fsp3) is 0.417. The van der Waals surface area contributed by atoms with E-state index in [9.17, 15) is 4.79 Å². The second-order valence-corrected chi connectivity index (χ2v) is 4.95. The minimum absolute atomic E-state index is 0.315. The predicted octanol–water partition coefficient (Wildman–Crippen LogP) is 2.19. The molecule has 1 amide bonds. The Morgan fingerprint density at radius 2 is 2.25 bits per heavy atom. The van der Waals surface area contributed by atoms with Gasteiger partial charge in [0.25, 0.3) is 0 Å². The van der Waals surface area contributed by atoms with E-state index in [-0.39, 0.29) is 5.91 Å². The van der Waals surface area contributed by atoms with Crippen LogP contribution in [0.5, 0.6) is 0 Å². The van der Waals surface area contributed by atoms with E-state index < -0.39 is 5.54 Å². The molecule has 0 radical (unpaired) electrons. The van der Waals surface area contributed by atoms with Crippen molar-refractivity contribution >= 4 is 21.8 Å². The molecule has 0 saturated carbocycles. The molecule has 1 aromatic carbocycles. The summed E-state index contributed by atoms with van der Waals surface area (Å²) in [5, 5.41) is 3.19. The summed E-state index contributed by atoms with van der Waals surface area (Å²) in [6, 6.07) is 7.96. The van der Waals surface area contributed by atoms with Gasteiger partial charge in [0.05, 0.1) is 5.54 Å². The van der Waals surface area contributed by atoms with Crippen molar-refractivity contribution < 1.29 is 4.79 Å². The molecule has 3 N–H and O–H groups in total. The van der Waals surface area contributed by atoms with Crippen LogP contribution in [0.1, 0.15) is 25.8 Å². The highest BCUT2D eigenvalue weighted by Gasteiger charge is 2.27. The summed E-state index contributed by atoms with van der Waals surface area (Å²) in [6.07, 6.45) is 0.677. The zero-order valence-corrected chi connectivity index (χ0v) is 11.2. The average molecular weight is 285 g/mol. The monoisotopic (exact) mass is 284 g/mol. The Balaban J connectivity index is 2.66. The molecule has 0 bridgehead atoms. The summed E-state index contributed by atoms with van der Waals surface area (Å²) in [4.78, 5) is 11.3. The molecular weight excluding hydrogens is 268 g/mol. The van der Waals surface area contributed by atoms with Crippen molar-refractivity contribution in [2.24, 2.45) is 5.73 Å². The molecule has 0 aliphatic carbocycles. The summed E-state index contributed by atoms with van der Waals surface area (Å²) >= 11 is 3.41. The maximum absolute atomic E-state index is 11.3. The third-order valence-corrected chi connectivity index (χ3v) is 3.32. The van der Waals surface area contributed by atoms with Gasteiger partial charge in [-0.25, -0.2) is 0 Å². The van der Waals surface area contributed by atoms with E-state index in [1.807, 2.05) is 38.1 Å². The molecule has 0 spiro atoms. The smallest absolute Gasteiger partial charge is 0.237 e. The molecule has 0 aromatic heterocycles. The second-order valence-electron chi connectivity index (χ2n) is 4.03. The van der Waals surface area contributed by atoms with Crippen LogP contribution in [0.4, 0.5) is 0 Å². The van der Waals surface area contributed by atoms with Crippen LogP contribution in [-0.4, -0.2) is 11.4 Å². The fourth-order valence-corrected chi connectivity index (χ4v) is 1.78. The van der Waals surface area contributed by atoms with Gasteiger partial charge < -0.3 is 5.73 Å². The number of rotatable bonds is 5. The number of amides is 1. The lowest BCUT2D eigenvalue weighted by atomic mass is 9.98. The molecule has 16 heavy (non-hydrogen) atoms. The van der Waals surface area contributed by atoms with E-state index in [4.69, 9.17) is 5.73 Å². The zero-order chi connectivity index (χ0) is 12.2. The number of carbonyl (C=O) groups excluding carboxylic acids is 1. The van der Waals surface area contributed by atoms with Crippen molar-refractivity contribution in [3.63, 3.8) is 0 Å². The van der Waals surface area contributed by atoms with E-state index >= 15 is 0 Å². The Hall–Kier alpha value is -0.870. The Kier molecular flexibility index (Phi) is 4.50. The third-order valence-electron chi connectivity index (χ3n) is 2.82. The first kappa shape index (κ1) is 13.2. The molecule has 0 unspecified atom stereocenters. The summed E-state index contributed by atoms with van der Waals surface area (Å²) in [5.74, 6) is -0.315. The van der Waals surface area contributed by atoms with Crippen molar-refractivity contribution in [1.82, 2.24) is 5.32 Å². The Bertz CT molecular complexity index is 381. The number of halogens is 1. The molecule has 3 nitrogen and oxygen atoms in total. The van der Waals surface area contributed by atoms with Crippen LogP contribution in [0, 0.1) is 0 Å². The molecule has 0 saturated heterocycles. The van der Waals surface area contributed by atoms with Gasteiger partial charge >= 0.3 is 0 Å². The highest BCUT2D eigenvalue weighted by atomic mass is 79.9. The lowest BCUT2D eigenvalue weighted by molar-refractivity contribution is -0.124. The van der Waals surface area contributed by atoms with Crippen LogP contribution >= 0.6 is 15.9 Å². The van der Waals surface area contributed by atoms with Gasteiger partial charge in [0, 0.05) is 11.0 Å². The van der Waals surface area contributed by atoms with E-state index in [1.54, 1.807) is 0 Å². The number of hydrogen-bond acceptors (Lipinski definition) is 2. The van der Waals surface area contributed by atoms with Crippen molar-refractivity contribution in [3.05, 3.63) is 34.3 Å². The molecule has 0 aliphatic heterocycles. The van der Waals surface area contributed by atoms with Gasteiger partial charge in [-0.1, -0.05) is 35.0 Å². The number of primary amides is 1. The van der Waals surface area contributed by atoms with Crippen LogP contribution in [0.25, 0.3) is 0 Å². The SMILES string of the molecule is CC[C@](C)(NCc1cccc(Br)c1)C(N)=O. The molecule has 88 valence electrons. The molecule has 4 heteroatoms. The van der Waals surface area contributed by atoms with Gasteiger partial charge in [-0.05, 0) is 31.0 Å². The number of nitrogens with two attached hydrogens (primary N) is 1. The quantitative estimate of drug-likeness (QED) is 0.871. The summed E-state index contributed by atoms with van der Waals surface area (Å²) in [5.41, 5.74) is 5.85. The largest absolute Gasteiger partial charge is 0.368 e. The lowest BCUT2D eigenvalue weighted by Crippen LogP contribution is -2.52. The maximum atomic E-state index is 11.3. The molecular formula is C12H17BrN2O. The molecule has 1 aromatic rings. The lowest BCUT2D eigenvalue weighted by Gasteiger charge is -2.26. The van der Waals surface area contributed by atoms with Gasteiger partial charge in [0.1, 0.15) is 0 Å². The summed E-state index contributed by atoms with van der Waals surface area (Å²) < 4.78 is 1.03. The highest BCUT2D eigenvalue weighted by molar-refractivity contribution is 9.10. The molecule has 0 heterocycles. The zero-order valence-electron chi connectivity index (χ0n) is 9.59. The van der Waals surface area contributed by atoms with Crippen molar-refractivity contribution in [2.45, 2.75) is 32.4 Å². The minimum Gasteiger partial charge on any atom is -0.368 e. The van der Waals surface area contributed by atoms with Crippen LogP contribution in [0.15, 0.2) is 28.7 Å². The Morgan fingerprint density at radius 3 is 2.75 bits per heavy atom. The van der Waals surface area contributed by atoms with Crippen LogP contribution < -0.4 is 11.1 Å². The first-order chi connectivity index (χ1) is 7.48. The van der Waals surface area contributed by atoms with Crippen molar-refractivity contribution in [2.75, 3.05) is 0 Å². The normalized spacial score (nSPS) is 14.4. The van der Waals surface area contributed by atoms with Crippen LogP contribution in [-0.2, 0) is 11.3 Å². The Morgan fingerprint density at radius 1 is 1.56 bits per heavy atom. The van der Waals surface area contributed by atoms with Gasteiger partial charge in [-0.15, -0.1) is 0 Å². The van der Waals surface area contributed by atoms with Crippen molar-refractivity contribution in [1.29, 1.82) is 0 Å². The van der Waals surface area contributed by atoms with Crippen LogP contribution in [0.3, 0.4) is 0 Å². The molecule has 1 atom stereocenters. The first-order valence-corrected chi connectivity index (χ1v) is 6.06. The third kappa shape index (κ3) is 3.32. The summed E-state index contributed by atoms with van der Waals surface area (Å²) in [7, 11) is 0. The Labute approximate surface area is 105 Å². The van der Waals surface area contributed by atoms with E-state index in [2.05, 4.69) is 21.2 Å². The minimum atomic E-state index is -0.637. The predicted molar refractivity (Wildman–Crippen MR) is 68.9 cm³/mol. The standard InChI is InChI=1S/C12H17BrN2O/c1-3-12(2,11(14)16)15-8-9-5-4-6-10(13)7-9/h4-7,15H,3,8H2,1-2H3,(H2,14,16)/t12-/m0/s1. The van der Waals surface area contributed by atoms with Gasteiger partial charge in [-0.2, -0.15) is 0 Å². The highest BCUT2D eigenvalue weighted by Crippen LogP contribution is 2.14. The van der Waals surface area contributed by atoms with E-state index in [0.29, 0.717) is 13.0 Å². The van der Waals surface area contributed by atoms with E-state index in [0.717, 1.165) is 10.0 Å². The summed E-state index contributed by atoms with van der Waals surface area (Å²) in [6.45, 7) is 4.40.